The lowest BCUT2D eigenvalue weighted by molar-refractivity contribution is 0.393. The van der Waals surface area contributed by atoms with Gasteiger partial charge in [0.05, 0.1) is 18.8 Å². The number of rotatable bonds is 4. The Kier molecular flexibility index (Phi) is 4.67. The van der Waals surface area contributed by atoms with Gasteiger partial charge in [0, 0.05) is 21.7 Å². The Morgan fingerprint density at radius 2 is 1.89 bits per heavy atom. The molecule has 0 fully saturated rings. The van der Waals surface area contributed by atoms with Crippen molar-refractivity contribution in [2.24, 2.45) is 0 Å². The van der Waals surface area contributed by atoms with E-state index in [9.17, 15) is 4.79 Å². The number of ether oxygens (including phenoxy) is 2. The first kappa shape index (κ1) is 17.7. The monoisotopic (exact) mass is 443 g/mol. The smallest absolute Gasteiger partial charge is 0.291 e. The SMILES string of the molecule is COc1ccc(/C=c2/sc3nc(-c4ccc(Br)cc4)nn3c2=O)c(OC)c1. The van der Waals surface area contributed by atoms with Crippen molar-refractivity contribution >= 4 is 38.3 Å². The molecule has 4 aromatic rings. The summed E-state index contributed by atoms with van der Waals surface area (Å²) < 4.78 is 13.4. The number of benzene rings is 2. The molecule has 0 atom stereocenters. The van der Waals surface area contributed by atoms with Crippen molar-refractivity contribution < 1.29 is 9.47 Å². The highest BCUT2D eigenvalue weighted by Crippen LogP contribution is 2.25. The van der Waals surface area contributed by atoms with Gasteiger partial charge in [-0.25, -0.2) is 0 Å². The number of methoxy groups -OCH3 is 2. The number of aromatic nitrogens is 3. The molecule has 0 spiro atoms. The molecule has 0 radical (unpaired) electrons. The normalized spacial score (nSPS) is 11.9. The minimum atomic E-state index is -0.205. The van der Waals surface area contributed by atoms with E-state index < -0.39 is 0 Å². The van der Waals surface area contributed by atoms with Crippen molar-refractivity contribution in [3.63, 3.8) is 0 Å². The Morgan fingerprint density at radius 3 is 2.56 bits per heavy atom. The molecule has 0 N–H and O–H groups in total. The van der Waals surface area contributed by atoms with E-state index in [4.69, 9.17) is 9.47 Å². The van der Waals surface area contributed by atoms with Crippen molar-refractivity contribution in [2.45, 2.75) is 0 Å². The maximum absolute atomic E-state index is 12.7. The van der Waals surface area contributed by atoms with Crippen LogP contribution in [0.4, 0.5) is 0 Å². The summed E-state index contributed by atoms with van der Waals surface area (Å²) >= 11 is 4.69. The van der Waals surface area contributed by atoms with Crippen LogP contribution >= 0.6 is 27.3 Å². The van der Waals surface area contributed by atoms with Gasteiger partial charge in [-0.3, -0.25) is 4.79 Å². The summed E-state index contributed by atoms with van der Waals surface area (Å²) in [7, 11) is 3.17. The molecule has 2 aromatic heterocycles. The van der Waals surface area contributed by atoms with Crippen molar-refractivity contribution in [3.05, 3.63) is 67.4 Å². The number of hydrogen-bond acceptors (Lipinski definition) is 6. The molecule has 6 nitrogen and oxygen atoms in total. The zero-order valence-corrected chi connectivity index (χ0v) is 16.9. The van der Waals surface area contributed by atoms with E-state index in [0.717, 1.165) is 15.6 Å². The first-order chi connectivity index (χ1) is 13.1. The molecule has 27 heavy (non-hydrogen) atoms. The molecule has 0 saturated carbocycles. The van der Waals surface area contributed by atoms with E-state index >= 15 is 0 Å². The van der Waals surface area contributed by atoms with Crippen LogP contribution in [-0.2, 0) is 0 Å². The lowest BCUT2D eigenvalue weighted by atomic mass is 10.2. The van der Waals surface area contributed by atoms with E-state index in [1.54, 1.807) is 26.4 Å². The molecule has 2 heterocycles. The molecule has 0 aliphatic carbocycles. The molecule has 8 heteroatoms. The first-order valence-electron chi connectivity index (χ1n) is 7.98. The molecule has 0 saturated heterocycles. The first-order valence-corrected chi connectivity index (χ1v) is 9.59. The van der Waals surface area contributed by atoms with Gasteiger partial charge < -0.3 is 9.47 Å². The lowest BCUT2D eigenvalue weighted by Gasteiger charge is -2.06. The molecular formula is C19H14BrN3O3S. The predicted octanol–water partition coefficient (Wildman–Crippen LogP) is 3.15. The van der Waals surface area contributed by atoms with Crippen LogP contribution in [0, 0.1) is 0 Å². The minimum absolute atomic E-state index is 0.205. The fraction of sp³-hybridized carbons (Fsp3) is 0.105. The third-order valence-electron chi connectivity index (χ3n) is 4.01. The van der Waals surface area contributed by atoms with Gasteiger partial charge in [0.1, 0.15) is 11.5 Å². The van der Waals surface area contributed by atoms with Crippen LogP contribution in [0.15, 0.2) is 51.7 Å². The van der Waals surface area contributed by atoms with Gasteiger partial charge in [-0.15, -0.1) is 5.10 Å². The van der Waals surface area contributed by atoms with Crippen molar-refractivity contribution in [1.82, 2.24) is 14.6 Å². The minimum Gasteiger partial charge on any atom is -0.497 e. The molecule has 0 amide bonds. The number of hydrogen-bond donors (Lipinski definition) is 0. The van der Waals surface area contributed by atoms with Crippen LogP contribution < -0.4 is 19.6 Å². The molecule has 0 aliphatic rings. The Balaban J connectivity index is 1.79. The molecular weight excluding hydrogens is 430 g/mol. The van der Waals surface area contributed by atoms with Crippen LogP contribution in [0.1, 0.15) is 5.56 Å². The van der Waals surface area contributed by atoms with Crippen molar-refractivity contribution in [3.8, 4) is 22.9 Å². The maximum atomic E-state index is 12.7. The zero-order valence-electron chi connectivity index (χ0n) is 14.5. The van der Waals surface area contributed by atoms with E-state index in [1.807, 2.05) is 36.4 Å². The lowest BCUT2D eigenvalue weighted by Crippen LogP contribution is -2.23. The van der Waals surface area contributed by atoms with Gasteiger partial charge in [-0.05, 0) is 30.3 Å². The van der Waals surface area contributed by atoms with Gasteiger partial charge in [-0.2, -0.15) is 9.50 Å². The highest BCUT2D eigenvalue weighted by molar-refractivity contribution is 9.10. The summed E-state index contributed by atoms with van der Waals surface area (Å²) in [4.78, 5) is 17.8. The molecule has 136 valence electrons. The average molecular weight is 444 g/mol. The van der Waals surface area contributed by atoms with E-state index in [-0.39, 0.29) is 5.56 Å². The molecule has 4 rings (SSSR count). The number of thiazole rings is 1. The number of nitrogens with zero attached hydrogens (tertiary/aromatic N) is 3. The molecule has 2 aromatic carbocycles. The summed E-state index contributed by atoms with van der Waals surface area (Å²) in [6.45, 7) is 0. The van der Waals surface area contributed by atoms with Gasteiger partial charge in [-0.1, -0.05) is 39.4 Å². The average Bonchev–Trinajstić information content (AvgIpc) is 3.22. The molecule has 0 bridgehead atoms. The van der Waals surface area contributed by atoms with E-state index in [2.05, 4.69) is 26.0 Å². The van der Waals surface area contributed by atoms with Crippen LogP contribution in [0.2, 0.25) is 0 Å². The topological polar surface area (TPSA) is 65.7 Å². The van der Waals surface area contributed by atoms with Crippen molar-refractivity contribution in [2.75, 3.05) is 14.2 Å². The van der Waals surface area contributed by atoms with Crippen molar-refractivity contribution in [1.29, 1.82) is 0 Å². The van der Waals surface area contributed by atoms with E-state index in [0.29, 0.717) is 26.8 Å². The maximum Gasteiger partial charge on any atom is 0.291 e. The highest BCUT2D eigenvalue weighted by atomic mass is 79.9. The summed E-state index contributed by atoms with van der Waals surface area (Å²) in [5.41, 5.74) is 1.44. The second kappa shape index (κ2) is 7.13. The third-order valence-corrected chi connectivity index (χ3v) is 5.50. The van der Waals surface area contributed by atoms with Gasteiger partial charge >= 0.3 is 0 Å². The largest absolute Gasteiger partial charge is 0.497 e. The molecule has 0 unspecified atom stereocenters. The van der Waals surface area contributed by atoms with Crippen LogP contribution in [0.25, 0.3) is 22.4 Å². The Labute approximate surface area is 166 Å². The summed E-state index contributed by atoms with van der Waals surface area (Å²) in [6, 6.07) is 13.1. The second-order valence-corrected chi connectivity index (χ2v) is 7.59. The van der Waals surface area contributed by atoms with Gasteiger partial charge in [0.25, 0.3) is 5.56 Å². The summed E-state index contributed by atoms with van der Waals surface area (Å²) in [5.74, 6) is 1.84. The standard InChI is InChI=1S/C19H14BrN3O3S/c1-25-14-8-5-12(15(10-14)26-2)9-16-18(24)23-19(27-16)21-17(22-23)11-3-6-13(20)7-4-11/h3-10H,1-2H3/b16-9+. The highest BCUT2D eigenvalue weighted by Gasteiger charge is 2.12. The fourth-order valence-electron chi connectivity index (χ4n) is 2.63. The third kappa shape index (κ3) is 3.33. The zero-order chi connectivity index (χ0) is 19.0. The van der Waals surface area contributed by atoms with E-state index in [1.165, 1.54) is 15.9 Å². The van der Waals surface area contributed by atoms with Crippen LogP contribution in [0.3, 0.4) is 0 Å². The van der Waals surface area contributed by atoms with Gasteiger partial charge in [0.15, 0.2) is 5.82 Å². The van der Waals surface area contributed by atoms with Gasteiger partial charge in [0.2, 0.25) is 4.96 Å². The van der Waals surface area contributed by atoms with Crippen LogP contribution in [0.5, 0.6) is 11.5 Å². The second-order valence-electron chi connectivity index (χ2n) is 5.66. The Hall–Kier alpha value is -2.71. The summed E-state index contributed by atoms with van der Waals surface area (Å²) in [5, 5.41) is 4.36. The number of halogens is 1. The fourth-order valence-corrected chi connectivity index (χ4v) is 3.80. The Morgan fingerprint density at radius 1 is 1.11 bits per heavy atom. The predicted molar refractivity (Wildman–Crippen MR) is 109 cm³/mol. The molecule has 0 aliphatic heterocycles. The quantitative estimate of drug-likeness (QED) is 0.484. The van der Waals surface area contributed by atoms with Crippen LogP contribution in [-0.4, -0.2) is 28.8 Å². The number of fused-ring (bicyclic) bond motifs is 1. The Bertz CT molecular complexity index is 1230. The summed E-state index contributed by atoms with van der Waals surface area (Å²) in [6.07, 6.45) is 1.78.